The second-order valence-electron chi connectivity index (χ2n) is 5.89. The topological polar surface area (TPSA) is 26.7 Å². The van der Waals surface area contributed by atoms with Crippen LogP contribution in [0, 0.1) is 5.82 Å². The lowest BCUT2D eigenvalue weighted by Crippen LogP contribution is -2.45. The van der Waals surface area contributed by atoms with E-state index < -0.39 is 6.10 Å². The Morgan fingerprint density at radius 2 is 2.10 bits per heavy atom. The number of aliphatic hydroxyl groups is 1. The van der Waals surface area contributed by atoms with Crippen molar-refractivity contribution < 1.29 is 9.50 Å². The Bertz CT molecular complexity index is 409. The van der Waals surface area contributed by atoms with E-state index in [-0.39, 0.29) is 5.82 Å². The maximum atomic E-state index is 12.8. The molecule has 0 aromatic heterocycles. The van der Waals surface area contributed by atoms with Crippen molar-refractivity contribution in [1.29, 1.82) is 0 Å². The van der Waals surface area contributed by atoms with E-state index in [4.69, 9.17) is 0 Å². The van der Waals surface area contributed by atoms with Crippen LogP contribution in [0.4, 0.5) is 4.39 Å². The summed E-state index contributed by atoms with van der Waals surface area (Å²) in [5.41, 5.74) is 0.792. The molecular weight excluding hydrogens is 255 g/mol. The van der Waals surface area contributed by atoms with Crippen LogP contribution in [0.15, 0.2) is 24.3 Å². The van der Waals surface area contributed by atoms with Crippen molar-refractivity contribution in [2.24, 2.45) is 0 Å². The van der Waals surface area contributed by atoms with Gasteiger partial charge in [0, 0.05) is 19.1 Å². The number of hydrogen-bond donors (Lipinski definition) is 1. The van der Waals surface area contributed by atoms with Gasteiger partial charge >= 0.3 is 0 Å². The second kappa shape index (κ2) is 7.16. The highest BCUT2D eigenvalue weighted by Crippen LogP contribution is 2.19. The second-order valence-corrected chi connectivity index (χ2v) is 5.89. The standard InChI is InChI=1S/C16H25FN2O/c1-18-10-3-4-15(12-18)19(2)11-9-16(20)13-5-7-14(17)8-6-13/h5-8,15-16,20H,3-4,9-12H2,1-2H3. The SMILES string of the molecule is CN1CCCC(N(C)CCC(O)c2ccc(F)cc2)C1. The van der Waals surface area contributed by atoms with Crippen LogP contribution in [0.2, 0.25) is 0 Å². The van der Waals surface area contributed by atoms with Gasteiger partial charge in [-0.15, -0.1) is 0 Å². The van der Waals surface area contributed by atoms with Gasteiger partial charge in [-0.05, 0) is 57.6 Å². The summed E-state index contributed by atoms with van der Waals surface area (Å²) >= 11 is 0. The van der Waals surface area contributed by atoms with Crippen LogP contribution in [-0.4, -0.2) is 54.7 Å². The molecule has 112 valence electrons. The Morgan fingerprint density at radius 1 is 1.40 bits per heavy atom. The summed E-state index contributed by atoms with van der Waals surface area (Å²) in [6.45, 7) is 3.14. The number of aliphatic hydroxyl groups excluding tert-OH is 1. The molecule has 2 atom stereocenters. The minimum atomic E-state index is -0.514. The normalized spacial score (nSPS) is 22.1. The third-order valence-electron chi connectivity index (χ3n) is 4.23. The molecule has 1 aromatic rings. The van der Waals surface area contributed by atoms with E-state index in [9.17, 15) is 9.50 Å². The molecule has 0 bridgehead atoms. The van der Waals surface area contributed by atoms with Gasteiger partial charge in [-0.1, -0.05) is 12.1 Å². The fraction of sp³-hybridized carbons (Fsp3) is 0.625. The predicted molar refractivity (Wildman–Crippen MR) is 79.1 cm³/mol. The molecule has 1 aliphatic heterocycles. The predicted octanol–water partition coefficient (Wildman–Crippen LogP) is 2.28. The Labute approximate surface area is 121 Å². The van der Waals surface area contributed by atoms with E-state index in [0.29, 0.717) is 12.5 Å². The van der Waals surface area contributed by atoms with Crippen molar-refractivity contribution in [3.63, 3.8) is 0 Å². The van der Waals surface area contributed by atoms with Gasteiger partial charge in [0.2, 0.25) is 0 Å². The maximum Gasteiger partial charge on any atom is 0.123 e. The minimum Gasteiger partial charge on any atom is -0.388 e. The average Bonchev–Trinajstić information content (AvgIpc) is 2.45. The first-order chi connectivity index (χ1) is 9.56. The summed E-state index contributed by atoms with van der Waals surface area (Å²) in [5.74, 6) is -0.261. The Hall–Kier alpha value is -0.970. The number of halogens is 1. The van der Waals surface area contributed by atoms with Crippen LogP contribution in [0.1, 0.15) is 30.9 Å². The zero-order valence-corrected chi connectivity index (χ0v) is 12.4. The Balaban J connectivity index is 1.80. The van der Waals surface area contributed by atoms with Gasteiger partial charge in [-0.3, -0.25) is 0 Å². The van der Waals surface area contributed by atoms with Gasteiger partial charge < -0.3 is 14.9 Å². The first-order valence-electron chi connectivity index (χ1n) is 7.38. The molecule has 2 rings (SSSR count). The molecule has 1 fully saturated rings. The number of piperidine rings is 1. The Kier molecular flexibility index (Phi) is 5.52. The molecule has 1 aromatic carbocycles. The van der Waals surface area contributed by atoms with Crippen molar-refractivity contribution in [1.82, 2.24) is 9.80 Å². The molecule has 1 N–H and O–H groups in total. The van der Waals surface area contributed by atoms with Crippen molar-refractivity contribution in [3.05, 3.63) is 35.6 Å². The molecule has 0 saturated carbocycles. The largest absolute Gasteiger partial charge is 0.388 e. The van der Waals surface area contributed by atoms with E-state index in [1.165, 1.54) is 31.5 Å². The van der Waals surface area contributed by atoms with Gasteiger partial charge in [0.25, 0.3) is 0 Å². The quantitative estimate of drug-likeness (QED) is 0.896. The molecule has 4 heteroatoms. The van der Waals surface area contributed by atoms with Crippen LogP contribution in [0.25, 0.3) is 0 Å². The van der Waals surface area contributed by atoms with E-state index in [1.54, 1.807) is 12.1 Å². The first kappa shape index (κ1) is 15.4. The summed E-state index contributed by atoms with van der Waals surface area (Å²) in [7, 11) is 4.29. The fourth-order valence-corrected chi connectivity index (χ4v) is 2.86. The number of likely N-dealkylation sites (tertiary alicyclic amines) is 1. The lowest BCUT2D eigenvalue weighted by atomic mass is 10.0. The van der Waals surface area contributed by atoms with Crippen LogP contribution < -0.4 is 0 Å². The highest BCUT2D eigenvalue weighted by Gasteiger charge is 2.21. The van der Waals surface area contributed by atoms with Crippen LogP contribution >= 0.6 is 0 Å². The van der Waals surface area contributed by atoms with Crippen molar-refractivity contribution in [2.45, 2.75) is 31.4 Å². The molecule has 0 spiro atoms. The Morgan fingerprint density at radius 3 is 2.75 bits per heavy atom. The third-order valence-corrected chi connectivity index (χ3v) is 4.23. The van der Waals surface area contributed by atoms with Crippen molar-refractivity contribution >= 4 is 0 Å². The molecule has 20 heavy (non-hydrogen) atoms. The van der Waals surface area contributed by atoms with E-state index in [2.05, 4.69) is 23.9 Å². The van der Waals surface area contributed by atoms with Gasteiger partial charge in [0.05, 0.1) is 6.10 Å². The zero-order chi connectivity index (χ0) is 14.5. The number of benzene rings is 1. The highest BCUT2D eigenvalue weighted by molar-refractivity contribution is 5.18. The molecule has 1 saturated heterocycles. The molecule has 0 radical (unpaired) electrons. The summed E-state index contributed by atoms with van der Waals surface area (Å²) < 4.78 is 12.8. The number of hydrogen-bond acceptors (Lipinski definition) is 3. The highest BCUT2D eigenvalue weighted by atomic mass is 19.1. The fourth-order valence-electron chi connectivity index (χ4n) is 2.86. The van der Waals surface area contributed by atoms with E-state index in [0.717, 1.165) is 18.7 Å². The van der Waals surface area contributed by atoms with E-state index >= 15 is 0 Å². The lowest BCUT2D eigenvalue weighted by molar-refractivity contribution is 0.104. The van der Waals surface area contributed by atoms with E-state index in [1.807, 2.05) is 0 Å². The molecule has 0 aliphatic carbocycles. The van der Waals surface area contributed by atoms with Gasteiger partial charge in [-0.25, -0.2) is 4.39 Å². The van der Waals surface area contributed by atoms with Crippen LogP contribution in [0.5, 0.6) is 0 Å². The summed E-state index contributed by atoms with van der Waals surface area (Å²) in [6.07, 6.45) is 2.64. The summed E-state index contributed by atoms with van der Waals surface area (Å²) in [4.78, 5) is 4.70. The number of rotatable bonds is 5. The first-order valence-corrected chi connectivity index (χ1v) is 7.38. The molecule has 1 aliphatic rings. The summed E-state index contributed by atoms with van der Waals surface area (Å²) in [5, 5.41) is 10.2. The average molecular weight is 280 g/mol. The minimum absolute atomic E-state index is 0.261. The molecule has 2 unspecified atom stereocenters. The molecule has 1 heterocycles. The smallest absolute Gasteiger partial charge is 0.123 e. The monoisotopic (exact) mass is 280 g/mol. The van der Waals surface area contributed by atoms with Crippen LogP contribution in [0.3, 0.4) is 0 Å². The number of nitrogens with zero attached hydrogens (tertiary/aromatic N) is 2. The molecule has 0 amide bonds. The summed E-state index contributed by atoms with van der Waals surface area (Å²) in [6, 6.07) is 6.70. The van der Waals surface area contributed by atoms with Crippen molar-refractivity contribution in [3.8, 4) is 0 Å². The molecular formula is C16H25FN2O. The van der Waals surface area contributed by atoms with Crippen molar-refractivity contribution in [2.75, 3.05) is 33.7 Å². The molecule has 3 nitrogen and oxygen atoms in total. The van der Waals surface area contributed by atoms with Gasteiger partial charge in [0.1, 0.15) is 5.82 Å². The van der Waals surface area contributed by atoms with Crippen LogP contribution in [-0.2, 0) is 0 Å². The maximum absolute atomic E-state index is 12.8. The van der Waals surface area contributed by atoms with Gasteiger partial charge in [-0.2, -0.15) is 0 Å². The zero-order valence-electron chi connectivity index (χ0n) is 12.4. The number of likely N-dealkylation sites (N-methyl/N-ethyl adjacent to an activating group) is 2. The van der Waals surface area contributed by atoms with Gasteiger partial charge in [0.15, 0.2) is 0 Å². The third kappa shape index (κ3) is 4.27. The lowest BCUT2D eigenvalue weighted by Gasteiger charge is -2.36.